The number of methoxy groups -OCH3 is 3. The Hall–Kier alpha value is -0.940. The highest BCUT2D eigenvalue weighted by Crippen LogP contribution is 2.47. The van der Waals surface area contributed by atoms with E-state index in [0.29, 0.717) is 23.2 Å². The van der Waals surface area contributed by atoms with Gasteiger partial charge in [0.25, 0.3) is 0 Å². The molecule has 1 aromatic carbocycles. The van der Waals surface area contributed by atoms with Gasteiger partial charge in [-0.1, -0.05) is 28.9 Å². The van der Waals surface area contributed by atoms with Crippen LogP contribution >= 0.6 is 15.9 Å². The van der Waals surface area contributed by atoms with Crippen LogP contribution in [0.5, 0.6) is 17.2 Å². The molecule has 1 aliphatic rings. The van der Waals surface area contributed by atoms with Crippen LogP contribution < -0.4 is 14.2 Å². The lowest BCUT2D eigenvalue weighted by molar-refractivity contribution is 0.0928. The standard InChI is InChI=1S/C15H21BrO4/c1-9-7-8-20-13(9)12(16)10-5-6-11(17-2)15(19-4)14(10)18-3/h5-6,9,12-13H,7-8H2,1-4H3. The molecule has 2 rings (SSSR count). The highest BCUT2D eigenvalue weighted by atomic mass is 79.9. The first-order chi connectivity index (χ1) is 9.63. The van der Waals surface area contributed by atoms with Crippen LogP contribution in [-0.2, 0) is 4.74 Å². The normalized spacial score (nSPS) is 23.4. The van der Waals surface area contributed by atoms with Crippen LogP contribution in [0.1, 0.15) is 23.7 Å². The first-order valence-electron chi connectivity index (χ1n) is 6.68. The zero-order chi connectivity index (χ0) is 14.7. The first kappa shape index (κ1) is 15.4. The summed E-state index contributed by atoms with van der Waals surface area (Å²) in [6.07, 6.45) is 1.23. The second kappa shape index (κ2) is 6.68. The average molecular weight is 345 g/mol. The van der Waals surface area contributed by atoms with Crippen LogP contribution in [0.2, 0.25) is 0 Å². The number of benzene rings is 1. The molecule has 1 aromatic rings. The minimum atomic E-state index is 0.0646. The van der Waals surface area contributed by atoms with Crippen LogP contribution in [0.3, 0.4) is 0 Å². The van der Waals surface area contributed by atoms with Crippen molar-refractivity contribution in [2.75, 3.05) is 27.9 Å². The molecule has 1 aliphatic heterocycles. The lowest BCUT2D eigenvalue weighted by Gasteiger charge is -2.24. The molecule has 3 atom stereocenters. The molecule has 3 unspecified atom stereocenters. The van der Waals surface area contributed by atoms with E-state index >= 15 is 0 Å². The molecule has 4 nitrogen and oxygen atoms in total. The molecular weight excluding hydrogens is 324 g/mol. The molecule has 0 N–H and O–H groups in total. The van der Waals surface area contributed by atoms with Crippen molar-refractivity contribution in [2.45, 2.75) is 24.3 Å². The van der Waals surface area contributed by atoms with Crippen LogP contribution in [0, 0.1) is 5.92 Å². The molecule has 0 aliphatic carbocycles. The highest BCUT2D eigenvalue weighted by molar-refractivity contribution is 9.09. The van der Waals surface area contributed by atoms with Gasteiger partial charge in [0.05, 0.1) is 32.3 Å². The van der Waals surface area contributed by atoms with Gasteiger partial charge in [-0.3, -0.25) is 0 Å². The average Bonchev–Trinajstić information content (AvgIpc) is 2.90. The molecule has 1 saturated heterocycles. The summed E-state index contributed by atoms with van der Waals surface area (Å²) in [6.45, 7) is 3.02. The second-order valence-corrected chi connectivity index (χ2v) is 5.91. The Morgan fingerprint density at radius 2 is 1.85 bits per heavy atom. The van der Waals surface area contributed by atoms with Gasteiger partial charge < -0.3 is 18.9 Å². The number of ether oxygens (including phenoxy) is 4. The molecule has 5 heteroatoms. The van der Waals surface area contributed by atoms with Gasteiger partial charge in [0.15, 0.2) is 11.5 Å². The number of hydrogen-bond acceptors (Lipinski definition) is 4. The maximum absolute atomic E-state index is 5.84. The predicted octanol–water partition coefficient (Wildman–Crippen LogP) is 3.57. The molecule has 0 saturated carbocycles. The van der Waals surface area contributed by atoms with Gasteiger partial charge >= 0.3 is 0 Å². The lowest BCUT2D eigenvalue weighted by Crippen LogP contribution is -2.19. The topological polar surface area (TPSA) is 36.9 Å². The van der Waals surface area contributed by atoms with Crippen molar-refractivity contribution in [3.05, 3.63) is 17.7 Å². The molecular formula is C15H21BrO4. The summed E-state index contributed by atoms with van der Waals surface area (Å²) >= 11 is 3.75. The molecule has 0 aromatic heterocycles. The van der Waals surface area contributed by atoms with Gasteiger partial charge in [-0.2, -0.15) is 0 Å². The monoisotopic (exact) mass is 344 g/mol. The SMILES string of the molecule is COc1ccc(C(Br)C2OCCC2C)c(OC)c1OC. The number of halogens is 1. The van der Waals surface area contributed by atoms with Crippen molar-refractivity contribution < 1.29 is 18.9 Å². The van der Waals surface area contributed by atoms with Gasteiger partial charge in [0.2, 0.25) is 5.75 Å². The van der Waals surface area contributed by atoms with Gasteiger partial charge in [0, 0.05) is 12.2 Å². The predicted molar refractivity (Wildman–Crippen MR) is 81.3 cm³/mol. The number of rotatable bonds is 5. The molecule has 112 valence electrons. The summed E-state index contributed by atoms with van der Waals surface area (Å²) in [5, 5.41) is 0. The van der Waals surface area contributed by atoms with Crippen LogP contribution in [0.15, 0.2) is 12.1 Å². The Bertz CT molecular complexity index is 463. The van der Waals surface area contributed by atoms with Gasteiger partial charge in [-0.25, -0.2) is 0 Å². The highest BCUT2D eigenvalue weighted by Gasteiger charge is 2.34. The van der Waals surface area contributed by atoms with Crippen molar-refractivity contribution in [3.63, 3.8) is 0 Å². The van der Waals surface area contributed by atoms with Crippen molar-refractivity contribution in [1.82, 2.24) is 0 Å². The number of alkyl halides is 1. The Kier molecular flexibility index (Phi) is 5.16. The summed E-state index contributed by atoms with van der Waals surface area (Å²) in [6, 6.07) is 3.89. The van der Waals surface area contributed by atoms with E-state index in [0.717, 1.165) is 18.6 Å². The van der Waals surface area contributed by atoms with Crippen molar-refractivity contribution in [1.29, 1.82) is 0 Å². The maximum Gasteiger partial charge on any atom is 0.203 e. The van der Waals surface area contributed by atoms with Crippen molar-refractivity contribution in [3.8, 4) is 17.2 Å². The summed E-state index contributed by atoms with van der Waals surface area (Å²) in [5.41, 5.74) is 1.02. The number of hydrogen-bond donors (Lipinski definition) is 0. The first-order valence-corrected chi connectivity index (χ1v) is 7.60. The summed E-state index contributed by atoms with van der Waals surface area (Å²) in [5.74, 6) is 2.48. The van der Waals surface area contributed by atoms with E-state index in [1.165, 1.54) is 0 Å². The quantitative estimate of drug-likeness (QED) is 0.765. The summed E-state index contributed by atoms with van der Waals surface area (Å²) in [4.78, 5) is 0.0646. The molecule has 0 amide bonds. The van der Waals surface area contributed by atoms with Crippen molar-refractivity contribution >= 4 is 15.9 Å². The van der Waals surface area contributed by atoms with E-state index in [4.69, 9.17) is 18.9 Å². The smallest absolute Gasteiger partial charge is 0.203 e. The fourth-order valence-electron chi connectivity index (χ4n) is 2.61. The summed E-state index contributed by atoms with van der Waals surface area (Å²) < 4.78 is 22.1. The molecule has 0 spiro atoms. The fourth-order valence-corrected chi connectivity index (χ4v) is 3.64. The Morgan fingerprint density at radius 3 is 2.35 bits per heavy atom. The molecule has 0 radical (unpaired) electrons. The van der Waals surface area contributed by atoms with E-state index in [-0.39, 0.29) is 10.9 Å². The Balaban J connectivity index is 2.40. The van der Waals surface area contributed by atoms with Crippen LogP contribution in [-0.4, -0.2) is 34.0 Å². The third kappa shape index (κ3) is 2.74. The van der Waals surface area contributed by atoms with Gasteiger partial charge in [-0.05, 0) is 18.4 Å². The minimum absolute atomic E-state index is 0.0646. The third-order valence-corrected chi connectivity index (χ3v) is 4.78. The molecule has 0 bridgehead atoms. The van der Waals surface area contributed by atoms with Gasteiger partial charge in [-0.15, -0.1) is 0 Å². The van der Waals surface area contributed by atoms with E-state index in [1.807, 2.05) is 12.1 Å². The molecule has 1 heterocycles. The fraction of sp³-hybridized carbons (Fsp3) is 0.600. The Morgan fingerprint density at radius 1 is 1.15 bits per heavy atom. The molecule has 20 heavy (non-hydrogen) atoms. The molecule has 1 fully saturated rings. The Labute approximate surface area is 128 Å². The zero-order valence-electron chi connectivity index (χ0n) is 12.3. The van der Waals surface area contributed by atoms with E-state index in [2.05, 4.69) is 22.9 Å². The maximum atomic E-state index is 5.84. The van der Waals surface area contributed by atoms with Gasteiger partial charge in [0.1, 0.15) is 0 Å². The van der Waals surface area contributed by atoms with Crippen LogP contribution in [0.25, 0.3) is 0 Å². The van der Waals surface area contributed by atoms with E-state index in [1.54, 1.807) is 21.3 Å². The van der Waals surface area contributed by atoms with Crippen LogP contribution in [0.4, 0.5) is 0 Å². The largest absolute Gasteiger partial charge is 0.493 e. The van der Waals surface area contributed by atoms with E-state index < -0.39 is 0 Å². The second-order valence-electron chi connectivity index (χ2n) is 4.93. The van der Waals surface area contributed by atoms with E-state index in [9.17, 15) is 0 Å². The summed E-state index contributed by atoms with van der Waals surface area (Å²) in [7, 11) is 4.87. The lowest BCUT2D eigenvalue weighted by atomic mass is 9.96. The van der Waals surface area contributed by atoms with Crippen molar-refractivity contribution in [2.24, 2.45) is 5.92 Å². The third-order valence-electron chi connectivity index (χ3n) is 3.76. The minimum Gasteiger partial charge on any atom is -0.493 e. The zero-order valence-corrected chi connectivity index (χ0v) is 13.9.